The van der Waals surface area contributed by atoms with Gasteiger partial charge in [0.2, 0.25) is 20.0 Å². The number of benzene rings is 2. The lowest BCUT2D eigenvalue weighted by Gasteiger charge is -2.15. The van der Waals surface area contributed by atoms with Crippen molar-refractivity contribution >= 4 is 20.0 Å². The van der Waals surface area contributed by atoms with E-state index in [2.05, 4.69) is 4.72 Å². The summed E-state index contributed by atoms with van der Waals surface area (Å²) in [5, 5.41) is 0. The Labute approximate surface area is 174 Å². The molecular formula is C17H16F6N2O4S2. The second kappa shape index (κ2) is 8.76. The van der Waals surface area contributed by atoms with E-state index in [4.69, 9.17) is 0 Å². The zero-order valence-electron chi connectivity index (χ0n) is 15.7. The Balaban J connectivity index is 2.40. The van der Waals surface area contributed by atoms with Crippen molar-refractivity contribution in [3.63, 3.8) is 0 Å². The lowest BCUT2D eigenvalue weighted by molar-refractivity contribution is -0.143. The third-order valence-corrected chi connectivity index (χ3v) is 6.79. The maximum Gasteiger partial charge on any atom is 0.416 e. The minimum absolute atomic E-state index is 0.0922. The maximum atomic E-state index is 13.0. The van der Waals surface area contributed by atoms with E-state index in [1.807, 2.05) is 4.72 Å². The normalized spacial score (nSPS) is 13.4. The Hall–Kier alpha value is -2.16. The predicted molar refractivity (Wildman–Crippen MR) is 98.6 cm³/mol. The third-order valence-electron chi connectivity index (χ3n) is 4.10. The molecule has 0 radical (unpaired) electrons. The standard InChI is InChI=1S/C17H16F6N2O4S2/c1-24-30(26,27)10-12-5-3-2-4-11(12)9-25-31(28,29)15-7-13(16(18,19)20)6-14(8-15)17(21,22)23/h2-8,24-25H,9-10H2,1H3. The van der Waals surface area contributed by atoms with Crippen LogP contribution in [0.25, 0.3) is 0 Å². The summed E-state index contributed by atoms with van der Waals surface area (Å²) in [6.07, 6.45) is -10.4. The maximum absolute atomic E-state index is 13.0. The molecule has 0 spiro atoms. The molecular weight excluding hydrogens is 474 g/mol. The minimum Gasteiger partial charge on any atom is -0.218 e. The first kappa shape index (κ1) is 25.1. The van der Waals surface area contributed by atoms with Crippen molar-refractivity contribution in [2.75, 3.05) is 7.05 Å². The molecule has 0 amide bonds. The summed E-state index contributed by atoms with van der Waals surface area (Å²) in [5.41, 5.74) is -3.18. The lowest BCUT2D eigenvalue weighted by Crippen LogP contribution is -2.26. The Bertz CT molecular complexity index is 1130. The van der Waals surface area contributed by atoms with Crippen LogP contribution in [0.4, 0.5) is 26.3 Å². The summed E-state index contributed by atoms with van der Waals surface area (Å²) >= 11 is 0. The van der Waals surface area contributed by atoms with Crippen molar-refractivity contribution in [2.45, 2.75) is 29.5 Å². The molecule has 6 nitrogen and oxygen atoms in total. The van der Waals surface area contributed by atoms with Crippen LogP contribution in [0.3, 0.4) is 0 Å². The average molecular weight is 490 g/mol. The largest absolute Gasteiger partial charge is 0.416 e. The number of sulfonamides is 2. The van der Waals surface area contributed by atoms with Crippen molar-refractivity contribution in [3.05, 3.63) is 64.7 Å². The fourth-order valence-corrected chi connectivity index (χ4v) is 4.40. The molecule has 0 aliphatic carbocycles. The van der Waals surface area contributed by atoms with Crippen LogP contribution >= 0.6 is 0 Å². The van der Waals surface area contributed by atoms with Crippen LogP contribution in [0.5, 0.6) is 0 Å². The van der Waals surface area contributed by atoms with Crippen LogP contribution in [0, 0.1) is 0 Å². The van der Waals surface area contributed by atoms with E-state index in [0.29, 0.717) is 0 Å². The highest BCUT2D eigenvalue weighted by Gasteiger charge is 2.38. The molecule has 0 unspecified atom stereocenters. The van der Waals surface area contributed by atoms with Gasteiger partial charge in [0, 0.05) is 6.54 Å². The van der Waals surface area contributed by atoms with Crippen LogP contribution in [-0.2, 0) is 44.7 Å². The van der Waals surface area contributed by atoms with Crippen LogP contribution in [0.15, 0.2) is 47.4 Å². The van der Waals surface area contributed by atoms with Gasteiger partial charge in [0.1, 0.15) is 0 Å². The van der Waals surface area contributed by atoms with E-state index in [0.717, 1.165) is 0 Å². The van der Waals surface area contributed by atoms with Crippen LogP contribution in [-0.4, -0.2) is 23.9 Å². The second-order valence-corrected chi connectivity index (χ2v) is 9.99. The molecule has 0 aliphatic rings. The summed E-state index contributed by atoms with van der Waals surface area (Å²) in [4.78, 5) is -1.23. The fourth-order valence-electron chi connectivity index (χ4n) is 2.49. The van der Waals surface area contributed by atoms with Gasteiger partial charge >= 0.3 is 12.4 Å². The average Bonchev–Trinajstić information content (AvgIpc) is 2.65. The van der Waals surface area contributed by atoms with Gasteiger partial charge < -0.3 is 0 Å². The molecule has 172 valence electrons. The molecule has 0 aliphatic heterocycles. The van der Waals surface area contributed by atoms with Gasteiger partial charge in [-0.2, -0.15) is 26.3 Å². The summed E-state index contributed by atoms with van der Waals surface area (Å²) in [6, 6.07) is 5.72. The van der Waals surface area contributed by atoms with E-state index in [9.17, 15) is 43.2 Å². The van der Waals surface area contributed by atoms with Crippen LogP contribution in [0.1, 0.15) is 22.3 Å². The molecule has 0 fully saturated rings. The molecule has 2 aromatic rings. The lowest BCUT2D eigenvalue weighted by atomic mass is 10.1. The van der Waals surface area contributed by atoms with Crippen LogP contribution < -0.4 is 9.44 Å². The van der Waals surface area contributed by atoms with Crippen molar-refractivity contribution in [1.29, 1.82) is 0 Å². The molecule has 2 aromatic carbocycles. The first-order valence-electron chi connectivity index (χ1n) is 8.32. The van der Waals surface area contributed by atoms with Gasteiger partial charge in [-0.15, -0.1) is 0 Å². The molecule has 2 rings (SSSR count). The van der Waals surface area contributed by atoms with Crippen LogP contribution in [0.2, 0.25) is 0 Å². The molecule has 31 heavy (non-hydrogen) atoms. The summed E-state index contributed by atoms with van der Waals surface area (Å²) in [7, 11) is -7.35. The zero-order chi connectivity index (χ0) is 23.7. The molecule has 14 heteroatoms. The van der Waals surface area contributed by atoms with Gasteiger partial charge in [-0.1, -0.05) is 24.3 Å². The SMILES string of the molecule is CNS(=O)(=O)Cc1ccccc1CNS(=O)(=O)c1cc(C(F)(F)F)cc(C(F)(F)F)c1. The van der Waals surface area contributed by atoms with Gasteiger partial charge in [-0.25, -0.2) is 26.3 Å². The second-order valence-electron chi connectivity index (χ2n) is 6.30. The van der Waals surface area contributed by atoms with Crippen molar-refractivity contribution in [3.8, 4) is 0 Å². The number of rotatable bonds is 7. The first-order valence-corrected chi connectivity index (χ1v) is 11.5. The first-order chi connectivity index (χ1) is 14.0. The fraction of sp³-hybridized carbons (Fsp3) is 0.294. The number of nitrogens with one attached hydrogen (secondary N) is 2. The molecule has 0 atom stereocenters. The highest BCUT2D eigenvalue weighted by Crippen LogP contribution is 2.37. The van der Waals surface area contributed by atoms with Gasteiger partial charge in [0.15, 0.2) is 0 Å². The van der Waals surface area contributed by atoms with Crippen molar-refractivity contribution in [1.82, 2.24) is 9.44 Å². The van der Waals surface area contributed by atoms with E-state index in [1.165, 1.54) is 31.3 Å². The van der Waals surface area contributed by atoms with E-state index < -0.39 is 60.7 Å². The van der Waals surface area contributed by atoms with Gasteiger partial charge in [-0.05, 0) is 36.4 Å². The topological polar surface area (TPSA) is 92.3 Å². The summed E-state index contributed by atoms with van der Waals surface area (Å²) < 4.78 is 130. The van der Waals surface area contributed by atoms with Gasteiger partial charge in [-0.3, -0.25) is 0 Å². The third kappa shape index (κ3) is 6.66. The van der Waals surface area contributed by atoms with Crippen molar-refractivity contribution in [2.24, 2.45) is 0 Å². The molecule has 0 saturated carbocycles. The Morgan fingerprint density at radius 1 is 0.806 bits per heavy atom. The van der Waals surface area contributed by atoms with E-state index in [-0.39, 0.29) is 29.3 Å². The molecule has 0 aromatic heterocycles. The number of hydrogen-bond donors (Lipinski definition) is 2. The highest BCUT2D eigenvalue weighted by molar-refractivity contribution is 7.89. The number of hydrogen-bond acceptors (Lipinski definition) is 4. The smallest absolute Gasteiger partial charge is 0.218 e. The predicted octanol–water partition coefficient (Wildman–Crippen LogP) is 3.25. The molecule has 2 N–H and O–H groups in total. The summed E-state index contributed by atoms with van der Waals surface area (Å²) in [6.45, 7) is -0.560. The monoisotopic (exact) mass is 490 g/mol. The highest BCUT2D eigenvalue weighted by atomic mass is 32.2. The number of halogens is 6. The summed E-state index contributed by atoms with van der Waals surface area (Å²) in [5.74, 6) is -0.511. The number of alkyl halides is 6. The Morgan fingerprint density at radius 2 is 1.29 bits per heavy atom. The van der Waals surface area contributed by atoms with Gasteiger partial charge in [0.25, 0.3) is 0 Å². The molecule has 0 saturated heterocycles. The Kier molecular flexibility index (Phi) is 7.10. The van der Waals surface area contributed by atoms with E-state index >= 15 is 0 Å². The molecule has 0 bridgehead atoms. The quantitative estimate of drug-likeness (QED) is 0.583. The molecule has 0 heterocycles. The van der Waals surface area contributed by atoms with Gasteiger partial charge in [0.05, 0.1) is 21.8 Å². The van der Waals surface area contributed by atoms with E-state index in [1.54, 1.807) is 0 Å². The minimum atomic E-state index is -5.21. The zero-order valence-corrected chi connectivity index (χ0v) is 17.3. The Morgan fingerprint density at radius 3 is 1.74 bits per heavy atom. The van der Waals surface area contributed by atoms with Crippen molar-refractivity contribution < 1.29 is 43.2 Å².